The molecule has 0 aromatic heterocycles. The second-order valence-corrected chi connectivity index (χ2v) is 5.24. The van der Waals surface area contributed by atoms with Crippen molar-refractivity contribution in [3.8, 4) is 11.5 Å². The highest BCUT2D eigenvalue weighted by Gasteiger charge is 2.20. The minimum Gasteiger partial charge on any atom is -0.495 e. The Hall–Kier alpha value is -2.95. The molecule has 0 aliphatic heterocycles. The number of ketones is 1. The second-order valence-electron chi connectivity index (χ2n) is 5.24. The van der Waals surface area contributed by atoms with Crippen LogP contribution in [-0.4, -0.2) is 25.1 Å². The van der Waals surface area contributed by atoms with Crippen LogP contribution in [0.4, 0.5) is 0 Å². The lowest BCUT2D eigenvalue weighted by Gasteiger charge is -2.13. The monoisotopic (exact) mass is 326 g/mol. The average molecular weight is 326 g/mol. The Morgan fingerprint density at radius 1 is 1.08 bits per heavy atom. The number of Topliss-reactive ketones (excluding diaryl/α,β-unsaturated/α-hetero) is 1. The number of hydrogen-bond donors (Lipinski definition) is 0. The van der Waals surface area contributed by atoms with Crippen molar-refractivity contribution in [3.63, 3.8) is 0 Å². The van der Waals surface area contributed by atoms with E-state index in [2.05, 4.69) is 0 Å². The van der Waals surface area contributed by atoms with Crippen LogP contribution in [0.5, 0.6) is 11.5 Å². The Morgan fingerprint density at radius 2 is 1.79 bits per heavy atom. The van der Waals surface area contributed by atoms with Crippen molar-refractivity contribution in [3.05, 3.63) is 59.2 Å². The summed E-state index contributed by atoms with van der Waals surface area (Å²) in [5.41, 5.74) is 1.09. The summed E-state index contributed by atoms with van der Waals surface area (Å²) in [6, 6.07) is 11.8. The zero-order valence-corrected chi connectivity index (χ0v) is 13.6. The van der Waals surface area contributed by atoms with Crippen LogP contribution in [0.2, 0.25) is 0 Å². The Labute approximate surface area is 140 Å². The summed E-state index contributed by atoms with van der Waals surface area (Å²) >= 11 is 0. The van der Waals surface area contributed by atoms with E-state index in [1.165, 1.54) is 14.0 Å². The highest BCUT2D eigenvalue weighted by atomic mass is 16.5. The van der Waals surface area contributed by atoms with E-state index in [0.717, 1.165) is 0 Å². The van der Waals surface area contributed by atoms with E-state index in [1.54, 1.807) is 36.4 Å². The molecule has 24 heavy (non-hydrogen) atoms. The minimum atomic E-state index is -0.612. The van der Waals surface area contributed by atoms with E-state index in [1.807, 2.05) is 6.07 Å². The minimum absolute atomic E-state index is 0.0263. The summed E-state index contributed by atoms with van der Waals surface area (Å²) in [4.78, 5) is 35.0. The van der Waals surface area contributed by atoms with Gasteiger partial charge in [0.15, 0.2) is 6.29 Å². The Bertz CT molecular complexity index is 750. The number of benzene rings is 2. The van der Waals surface area contributed by atoms with Crippen LogP contribution in [0.15, 0.2) is 42.5 Å². The quantitative estimate of drug-likeness (QED) is 0.444. The summed E-state index contributed by atoms with van der Waals surface area (Å²) in [7, 11) is 1.39. The third-order valence-corrected chi connectivity index (χ3v) is 3.53. The van der Waals surface area contributed by atoms with Gasteiger partial charge in [0.1, 0.15) is 22.8 Å². The maximum atomic E-state index is 12.4. The molecule has 0 spiro atoms. The van der Waals surface area contributed by atoms with Crippen molar-refractivity contribution in [1.82, 2.24) is 0 Å². The molecule has 0 unspecified atom stereocenters. The molecule has 0 N–H and O–H groups in total. The van der Waals surface area contributed by atoms with Gasteiger partial charge in [-0.25, -0.2) is 4.79 Å². The highest BCUT2D eigenvalue weighted by Crippen LogP contribution is 2.28. The first-order valence-electron chi connectivity index (χ1n) is 7.48. The largest absolute Gasteiger partial charge is 0.495 e. The molecule has 0 amide bonds. The van der Waals surface area contributed by atoms with Gasteiger partial charge in [0.05, 0.1) is 12.7 Å². The first-order valence-corrected chi connectivity index (χ1v) is 7.48. The molecule has 0 aliphatic rings. The predicted octanol–water partition coefficient (Wildman–Crippen LogP) is 3.25. The molecule has 2 aromatic carbocycles. The molecule has 2 aromatic rings. The maximum Gasteiger partial charge on any atom is 0.347 e. The number of hydrogen-bond acceptors (Lipinski definition) is 5. The summed E-state index contributed by atoms with van der Waals surface area (Å²) < 4.78 is 10.5. The molecule has 0 fully saturated rings. The lowest BCUT2D eigenvalue weighted by atomic mass is 9.98. The van der Waals surface area contributed by atoms with Crippen molar-refractivity contribution >= 4 is 18.0 Å². The Morgan fingerprint density at radius 3 is 2.38 bits per heavy atom. The fourth-order valence-electron chi connectivity index (χ4n) is 2.33. The molecular formula is C19H18O5. The highest BCUT2D eigenvalue weighted by molar-refractivity contribution is 5.98. The summed E-state index contributed by atoms with van der Waals surface area (Å²) in [5.74, 6) is -0.0255. The molecule has 5 nitrogen and oxygen atoms in total. The molecule has 0 saturated heterocycles. The second kappa shape index (κ2) is 8.06. The molecule has 0 radical (unpaired) electrons. The number of para-hydroxylation sites is 1. The number of aldehydes is 1. The van der Waals surface area contributed by atoms with Crippen molar-refractivity contribution in [2.45, 2.75) is 19.8 Å². The van der Waals surface area contributed by atoms with E-state index in [4.69, 9.17) is 9.47 Å². The van der Waals surface area contributed by atoms with Gasteiger partial charge in [-0.05, 0) is 37.1 Å². The van der Waals surface area contributed by atoms with Crippen LogP contribution < -0.4 is 9.47 Å². The van der Waals surface area contributed by atoms with Gasteiger partial charge in [0.25, 0.3) is 0 Å². The zero-order chi connectivity index (χ0) is 17.5. The fourth-order valence-corrected chi connectivity index (χ4v) is 2.33. The smallest absolute Gasteiger partial charge is 0.347 e. The van der Waals surface area contributed by atoms with E-state index < -0.39 is 5.97 Å². The number of esters is 1. The van der Waals surface area contributed by atoms with Gasteiger partial charge in [-0.3, -0.25) is 4.79 Å². The zero-order valence-electron chi connectivity index (χ0n) is 13.6. The Kier molecular flexibility index (Phi) is 5.84. The lowest BCUT2D eigenvalue weighted by molar-refractivity contribution is -0.116. The van der Waals surface area contributed by atoms with Gasteiger partial charge in [-0.1, -0.05) is 24.3 Å². The number of carbonyl (C=O) groups is 3. The van der Waals surface area contributed by atoms with Crippen molar-refractivity contribution in [2.24, 2.45) is 0 Å². The number of rotatable bonds is 7. The standard InChI is InChI=1S/C19H18O5/c1-13(21)8-9-14-10-11-16(18(23-2)17(14)12-20)19(22)24-15-6-4-3-5-7-15/h3-7,10-12H,8-9H2,1-2H3. The van der Waals surface area contributed by atoms with Gasteiger partial charge < -0.3 is 14.3 Å². The molecule has 0 heterocycles. The molecule has 0 bridgehead atoms. The van der Waals surface area contributed by atoms with E-state index >= 15 is 0 Å². The van der Waals surface area contributed by atoms with Crippen molar-refractivity contribution < 1.29 is 23.9 Å². The number of methoxy groups -OCH3 is 1. The maximum absolute atomic E-state index is 12.4. The molecule has 124 valence electrons. The molecule has 0 atom stereocenters. The Balaban J connectivity index is 2.34. The first-order chi connectivity index (χ1) is 11.6. The van der Waals surface area contributed by atoms with Crippen LogP contribution in [0.1, 0.15) is 39.6 Å². The third-order valence-electron chi connectivity index (χ3n) is 3.53. The van der Waals surface area contributed by atoms with E-state index in [9.17, 15) is 14.4 Å². The lowest BCUT2D eigenvalue weighted by Crippen LogP contribution is -2.12. The van der Waals surface area contributed by atoms with Gasteiger partial charge >= 0.3 is 5.97 Å². The molecule has 0 aliphatic carbocycles. The topological polar surface area (TPSA) is 69.7 Å². The number of ether oxygens (including phenoxy) is 2. The van der Waals surface area contributed by atoms with Crippen LogP contribution >= 0.6 is 0 Å². The van der Waals surface area contributed by atoms with E-state index in [0.29, 0.717) is 30.4 Å². The summed E-state index contributed by atoms with van der Waals surface area (Å²) in [5, 5.41) is 0. The average Bonchev–Trinajstić information content (AvgIpc) is 2.59. The van der Waals surface area contributed by atoms with Crippen LogP contribution in [0, 0.1) is 0 Å². The fraction of sp³-hybridized carbons (Fsp3) is 0.211. The SMILES string of the molecule is COc1c(C(=O)Oc2ccccc2)ccc(CCC(C)=O)c1C=O. The van der Waals surface area contributed by atoms with Gasteiger partial charge in [0.2, 0.25) is 0 Å². The number of aryl methyl sites for hydroxylation is 1. The molecule has 0 saturated carbocycles. The van der Waals surface area contributed by atoms with Crippen LogP contribution in [0.3, 0.4) is 0 Å². The van der Waals surface area contributed by atoms with Gasteiger partial charge in [0, 0.05) is 6.42 Å². The molecular weight excluding hydrogens is 308 g/mol. The summed E-state index contributed by atoms with van der Waals surface area (Å²) in [6.45, 7) is 1.49. The predicted molar refractivity (Wildman–Crippen MR) is 88.8 cm³/mol. The van der Waals surface area contributed by atoms with E-state index in [-0.39, 0.29) is 22.7 Å². The van der Waals surface area contributed by atoms with Gasteiger partial charge in [-0.15, -0.1) is 0 Å². The summed E-state index contributed by atoms with van der Waals surface area (Å²) in [6.07, 6.45) is 1.36. The number of carbonyl (C=O) groups excluding carboxylic acids is 3. The van der Waals surface area contributed by atoms with Crippen molar-refractivity contribution in [1.29, 1.82) is 0 Å². The first kappa shape index (κ1) is 17.4. The van der Waals surface area contributed by atoms with Crippen molar-refractivity contribution in [2.75, 3.05) is 7.11 Å². The van der Waals surface area contributed by atoms with Crippen LogP contribution in [-0.2, 0) is 11.2 Å². The normalized spacial score (nSPS) is 10.1. The van der Waals surface area contributed by atoms with Crippen LogP contribution in [0.25, 0.3) is 0 Å². The van der Waals surface area contributed by atoms with Gasteiger partial charge in [-0.2, -0.15) is 0 Å². The third kappa shape index (κ3) is 4.07. The molecule has 5 heteroatoms. The molecule has 2 rings (SSSR count).